The number of hydrogen-bond donors (Lipinski definition) is 1. The lowest BCUT2D eigenvalue weighted by Gasteiger charge is -2.36. The number of benzene rings is 2. The molecule has 0 aromatic heterocycles. The van der Waals surface area contributed by atoms with E-state index >= 15 is 0 Å². The number of non-ortho nitro benzene ring substituents is 1. The number of halogens is 3. The van der Waals surface area contributed by atoms with Crippen LogP contribution in [0.2, 0.25) is 0 Å². The number of carbonyl (C=O) groups is 1. The van der Waals surface area contributed by atoms with Crippen molar-refractivity contribution in [3.05, 3.63) is 63.7 Å². The molecule has 0 spiro atoms. The number of hydrogen-bond acceptors (Lipinski definition) is 6. The lowest BCUT2D eigenvalue weighted by Crippen LogP contribution is -2.47. The third-order valence-corrected chi connectivity index (χ3v) is 5.76. The second kappa shape index (κ2) is 10.7. The lowest BCUT2D eigenvalue weighted by atomic mass is 10.1. The lowest BCUT2D eigenvalue weighted by molar-refractivity contribution is -0.384. The monoisotopic (exact) mass is 479 g/mol. The van der Waals surface area contributed by atoms with Gasteiger partial charge < -0.3 is 15.1 Å². The molecule has 0 aliphatic carbocycles. The summed E-state index contributed by atoms with van der Waals surface area (Å²) in [4.78, 5) is 29.0. The van der Waals surface area contributed by atoms with Crippen molar-refractivity contribution in [2.45, 2.75) is 12.6 Å². The summed E-state index contributed by atoms with van der Waals surface area (Å²) in [6.07, 6.45) is -3.68. The van der Waals surface area contributed by atoms with Crippen LogP contribution in [-0.2, 0) is 6.18 Å². The van der Waals surface area contributed by atoms with E-state index in [0.717, 1.165) is 12.6 Å². The topological polar surface area (TPSA) is 82.0 Å². The average Bonchev–Trinajstić information content (AvgIpc) is 2.81. The SMILES string of the molecule is CN(C)c1ccc([N+](=O)[O-])cc1C(=O)NCCCN1CCN(c2cccc(C(F)(F)F)c2)CC1. The molecule has 184 valence electrons. The summed E-state index contributed by atoms with van der Waals surface area (Å²) < 4.78 is 38.9. The van der Waals surface area contributed by atoms with Crippen molar-refractivity contribution in [3.8, 4) is 0 Å². The molecule has 2 aromatic rings. The van der Waals surface area contributed by atoms with Crippen molar-refractivity contribution < 1.29 is 22.9 Å². The highest BCUT2D eigenvalue weighted by atomic mass is 19.4. The molecule has 1 fully saturated rings. The van der Waals surface area contributed by atoms with Crippen LogP contribution in [0.3, 0.4) is 0 Å². The summed E-state index contributed by atoms with van der Waals surface area (Å²) in [5.41, 5.74) is 0.608. The number of rotatable bonds is 8. The molecule has 0 saturated carbocycles. The van der Waals surface area contributed by atoms with Crippen molar-refractivity contribution in [3.63, 3.8) is 0 Å². The maximum absolute atomic E-state index is 13.0. The van der Waals surface area contributed by atoms with Gasteiger partial charge in [-0.25, -0.2) is 0 Å². The van der Waals surface area contributed by atoms with E-state index in [0.29, 0.717) is 50.5 Å². The van der Waals surface area contributed by atoms with Gasteiger partial charge in [-0.3, -0.25) is 19.8 Å². The Morgan fingerprint density at radius 3 is 2.44 bits per heavy atom. The quantitative estimate of drug-likeness (QED) is 0.354. The van der Waals surface area contributed by atoms with Crippen molar-refractivity contribution in [1.82, 2.24) is 10.2 Å². The number of nitro benzene ring substituents is 1. The van der Waals surface area contributed by atoms with Crippen molar-refractivity contribution >= 4 is 23.0 Å². The zero-order valence-corrected chi connectivity index (χ0v) is 19.1. The Morgan fingerprint density at radius 2 is 1.82 bits per heavy atom. The number of alkyl halides is 3. The van der Waals surface area contributed by atoms with Crippen LogP contribution in [0.15, 0.2) is 42.5 Å². The van der Waals surface area contributed by atoms with Crippen LogP contribution in [0.5, 0.6) is 0 Å². The molecule has 1 heterocycles. The van der Waals surface area contributed by atoms with Gasteiger partial charge >= 0.3 is 6.18 Å². The van der Waals surface area contributed by atoms with Crippen molar-refractivity contribution in [1.29, 1.82) is 0 Å². The molecule has 1 saturated heterocycles. The number of carbonyl (C=O) groups excluding carboxylic acids is 1. The summed E-state index contributed by atoms with van der Waals surface area (Å²) in [6, 6.07) is 9.57. The van der Waals surface area contributed by atoms with Crippen LogP contribution < -0.4 is 15.1 Å². The average molecular weight is 480 g/mol. The highest BCUT2D eigenvalue weighted by Gasteiger charge is 2.31. The van der Waals surface area contributed by atoms with Gasteiger partial charge in [0.05, 0.1) is 16.1 Å². The molecule has 8 nitrogen and oxygen atoms in total. The Balaban J connectivity index is 1.47. The number of piperazine rings is 1. The zero-order valence-electron chi connectivity index (χ0n) is 19.1. The van der Waals surface area contributed by atoms with Gasteiger partial charge in [-0.05, 0) is 37.2 Å². The van der Waals surface area contributed by atoms with E-state index in [9.17, 15) is 28.1 Å². The highest BCUT2D eigenvalue weighted by Crippen LogP contribution is 2.32. The molecule has 34 heavy (non-hydrogen) atoms. The molecule has 1 aliphatic heterocycles. The van der Waals surface area contributed by atoms with Crippen LogP contribution >= 0.6 is 0 Å². The number of nitrogens with one attached hydrogen (secondary N) is 1. The molecular weight excluding hydrogens is 451 g/mol. The minimum atomic E-state index is -4.36. The highest BCUT2D eigenvalue weighted by molar-refractivity contribution is 6.00. The first kappa shape index (κ1) is 25.3. The second-order valence-electron chi connectivity index (χ2n) is 8.34. The molecule has 0 unspecified atom stereocenters. The first-order valence-electron chi connectivity index (χ1n) is 10.9. The minimum Gasteiger partial charge on any atom is -0.377 e. The number of amides is 1. The Hall–Kier alpha value is -3.34. The van der Waals surface area contributed by atoms with E-state index in [2.05, 4.69) is 10.2 Å². The van der Waals surface area contributed by atoms with Gasteiger partial charge in [0, 0.05) is 70.3 Å². The van der Waals surface area contributed by atoms with Gasteiger partial charge in [0.2, 0.25) is 0 Å². The summed E-state index contributed by atoms with van der Waals surface area (Å²) in [7, 11) is 3.52. The third-order valence-electron chi connectivity index (χ3n) is 5.76. The van der Waals surface area contributed by atoms with E-state index in [4.69, 9.17) is 0 Å². The molecule has 11 heteroatoms. The predicted octanol–water partition coefficient (Wildman–Crippen LogP) is 3.62. The fraction of sp³-hybridized carbons (Fsp3) is 0.435. The van der Waals surface area contributed by atoms with Crippen LogP contribution in [0.4, 0.5) is 30.2 Å². The maximum Gasteiger partial charge on any atom is 0.416 e. The normalized spacial score (nSPS) is 14.7. The van der Waals surface area contributed by atoms with Crippen LogP contribution in [-0.4, -0.2) is 69.1 Å². The van der Waals surface area contributed by atoms with Gasteiger partial charge in [0.25, 0.3) is 11.6 Å². The summed E-state index contributed by atoms with van der Waals surface area (Å²) >= 11 is 0. The molecular formula is C23H28F3N5O3. The molecule has 1 amide bonds. The first-order valence-corrected chi connectivity index (χ1v) is 10.9. The van der Waals surface area contributed by atoms with Crippen LogP contribution in [0, 0.1) is 10.1 Å². The fourth-order valence-corrected chi connectivity index (χ4v) is 3.92. The molecule has 0 radical (unpaired) electrons. The molecule has 3 rings (SSSR count). The maximum atomic E-state index is 13.0. The third kappa shape index (κ3) is 6.37. The standard InChI is InChI=1S/C23H28F3N5O3/c1-28(2)21-8-7-19(31(33)34)16-20(21)22(32)27-9-4-10-29-11-13-30(14-12-29)18-6-3-5-17(15-18)23(24,25)26/h3,5-8,15-16H,4,9-14H2,1-2H3,(H,27,32). The summed E-state index contributed by atoms with van der Waals surface area (Å²) in [5, 5.41) is 13.9. The van der Waals surface area contributed by atoms with Crippen LogP contribution in [0.1, 0.15) is 22.3 Å². The van der Waals surface area contributed by atoms with Gasteiger partial charge in [0.1, 0.15) is 0 Å². The molecule has 2 aromatic carbocycles. The number of anilines is 2. The van der Waals surface area contributed by atoms with Gasteiger partial charge in [-0.2, -0.15) is 13.2 Å². The van der Waals surface area contributed by atoms with E-state index < -0.39 is 16.7 Å². The Kier molecular flexibility index (Phi) is 7.98. The molecule has 0 bridgehead atoms. The summed E-state index contributed by atoms with van der Waals surface area (Å²) in [6.45, 7) is 3.79. The number of nitrogens with zero attached hydrogens (tertiary/aromatic N) is 4. The van der Waals surface area contributed by atoms with Gasteiger partial charge in [-0.1, -0.05) is 6.07 Å². The van der Waals surface area contributed by atoms with E-state index in [1.807, 2.05) is 4.90 Å². The molecule has 1 N–H and O–H groups in total. The zero-order chi connectivity index (χ0) is 24.9. The Bertz CT molecular complexity index is 1020. The van der Waals surface area contributed by atoms with E-state index in [1.165, 1.54) is 24.3 Å². The van der Waals surface area contributed by atoms with E-state index in [-0.39, 0.29) is 17.2 Å². The van der Waals surface area contributed by atoms with Gasteiger partial charge in [0.15, 0.2) is 0 Å². The smallest absolute Gasteiger partial charge is 0.377 e. The van der Waals surface area contributed by atoms with Gasteiger partial charge in [-0.15, -0.1) is 0 Å². The predicted molar refractivity (Wildman–Crippen MR) is 124 cm³/mol. The Labute approximate surface area is 196 Å². The number of nitro groups is 1. The largest absolute Gasteiger partial charge is 0.416 e. The van der Waals surface area contributed by atoms with Crippen LogP contribution in [0.25, 0.3) is 0 Å². The molecule has 0 atom stereocenters. The minimum absolute atomic E-state index is 0.144. The second-order valence-corrected chi connectivity index (χ2v) is 8.34. The van der Waals surface area contributed by atoms with E-state index in [1.54, 1.807) is 31.1 Å². The van der Waals surface area contributed by atoms with Crippen molar-refractivity contribution in [2.75, 3.05) is 63.2 Å². The Morgan fingerprint density at radius 1 is 1.12 bits per heavy atom. The van der Waals surface area contributed by atoms with Crippen molar-refractivity contribution in [2.24, 2.45) is 0 Å². The summed E-state index contributed by atoms with van der Waals surface area (Å²) in [5.74, 6) is -0.373. The fourth-order valence-electron chi connectivity index (χ4n) is 3.92. The first-order chi connectivity index (χ1) is 16.1. The molecule has 1 aliphatic rings.